The van der Waals surface area contributed by atoms with Crippen molar-refractivity contribution < 1.29 is 9.53 Å². The SMILES string of the molecule is CC(C)CCn1c(COc2ccccc2)nnc1SC(C)C(=O)Nc1ccc(N(C)C)cc1. The minimum atomic E-state index is -0.330. The van der Waals surface area contributed by atoms with Gasteiger partial charge in [-0.25, -0.2) is 0 Å². The van der Waals surface area contributed by atoms with Crippen LogP contribution in [0.1, 0.15) is 33.0 Å². The lowest BCUT2D eigenvalue weighted by Crippen LogP contribution is -2.23. The number of amides is 1. The quantitative estimate of drug-likeness (QED) is 0.396. The van der Waals surface area contributed by atoms with Gasteiger partial charge in [-0.2, -0.15) is 0 Å². The van der Waals surface area contributed by atoms with Gasteiger partial charge in [0.25, 0.3) is 0 Å². The van der Waals surface area contributed by atoms with Gasteiger partial charge in [-0.1, -0.05) is 43.8 Å². The minimum absolute atomic E-state index is 0.0712. The van der Waals surface area contributed by atoms with Crippen LogP contribution in [0.5, 0.6) is 5.75 Å². The number of ether oxygens (including phenoxy) is 1. The van der Waals surface area contributed by atoms with Crippen LogP contribution in [0, 0.1) is 5.92 Å². The molecule has 0 bridgehead atoms. The third-order valence-electron chi connectivity index (χ3n) is 5.14. The fraction of sp³-hybridized carbons (Fsp3) is 0.400. The second-order valence-electron chi connectivity index (χ2n) is 8.53. The van der Waals surface area contributed by atoms with E-state index in [1.165, 1.54) is 11.8 Å². The zero-order chi connectivity index (χ0) is 23.8. The number of rotatable bonds is 11. The summed E-state index contributed by atoms with van der Waals surface area (Å²) in [6, 6.07) is 17.5. The van der Waals surface area contributed by atoms with Crippen molar-refractivity contribution in [2.24, 2.45) is 5.92 Å². The van der Waals surface area contributed by atoms with Gasteiger partial charge >= 0.3 is 0 Å². The number of thioether (sulfide) groups is 1. The molecule has 0 saturated heterocycles. The summed E-state index contributed by atoms with van der Waals surface area (Å²) in [4.78, 5) is 14.8. The molecular formula is C25H33N5O2S. The number of carbonyl (C=O) groups excluding carboxylic acids is 1. The normalized spacial score (nSPS) is 11.9. The van der Waals surface area contributed by atoms with E-state index >= 15 is 0 Å². The largest absolute Gasteiger partial charge is 0.486 e. The van der Waals surface area contributed by atoms with Crippen LogP contribution >= 0.6 is 11.8 Å². The third kappa shape index (κ3) is 7.25. The summed E-state index contributed by atoms with van der Waals surface area (Å²) in [5.41, 5.74) is 1.86. The van der Waals surface area contributed by atoms with E-state index in [9.17, 15) is 4.79 Å². The molecule has 1 unspecified atom stereocenters. The van der Waals surface area contributed by atoms with E-state index in [1.807, 2.05) is 80.5 Å². The topological polar surface area (TPSA) is 72.3 Å². The Morgan fingerprint density at radius 3 is 2.39 bits per heavy atom. The van der Waals surface area contributed by atoms with Gasteiger partial charge in [0.2, 0.25) is 5.91 Å². The first-order valence-electron chi connectivity index (χ1n) is 11.2. The fourth-order valence-corrected chi connectivity index (χ4v) is 3.98. The second-order valence-corrected chi connectivity index (χ2v) is 9.83. The highest BCUT2D eigenvalue weighted by molar-refractivity contribution is 8.00. The molecule has 0 saturated carbocycles. The predicted molar refractivity (Wildman–Crippen MR) is 135 cm³/mol. The summed E-state index contributed by atoms with van der Waals surface area (Å²) < 4.78 is 7.97. The summed E-state index contributed by atoms with van der Waals surface area (Å²) in [5.74, 6) is 2.02. The van der Waals surface area contributed by atoms with Crippen LogP contribution in [0.3, 0.4) is 0 Å². The van der Waals surface area contributed by atoms with Gasteiger partial charge < -0.3 is 19.5 Å². The Labute approximate surface area is 200 Å². The highest BCUT2D eigenvalue weighted by atomic mass is 32.2. The summed E-state index contributed by atoms with van der Waals surface area (Å²) >= 11 is 1.41. The molecule has 3 rings (SSSR count). The molecule has 0 aliphatic rings. The Hall–Kier alpha value is -3.00. The highest BCUT2D eigenvalue weighted by Gasteiger charge is 2.21. The molecule has 0 fully saturated rings. The van der Waals surface area contributed by atoms with Gasteiger partial charge in [-0.05, 0) is 55.7 Å². The lowest BCUT2D eigenvalue weighted by molar-refractivity contribution is -0.115. The number of hydrogen-bond acceptors (Lipinski definition) is 6. The van der Waals surface area contributed by atoms with Crippen molar-refractivity contribution in [3.05, 3.63) is 60.4 Å². The van der Waals surface area contributed by atoms with Crippen molar-refractivity contribution in [1.82, 2.24) is 14.8 Å². The molecule has 1 aromatic heterocycles. The Morgan fingerprint density at radius 1 is 1.06 bits per heavy atom. The van der Waals surface area contributed by atoms with Crippen LogP contribution in [0.25, 0.3) is 0 Å². The van der Waals surface area contributed by atoms with Crippen LogP contribution in [0.15, 0.2) is 59.8 Å². The number of aromatic nitrogens is 3. The van der Waals surface area contributed by atoms with Crippen LogP contribution in [0.2, 0.25) is 0 Å². The number of para-hydroxylation sites is 1. The van der Waals surface area contributed by atoms with Crippen molar-refractivity contribution >= 4 is 29.0 Å². The third-order valence-corrected chi connectivity index (χ3v) is 6.22. The van der Waals surface area contributed by atoms with Gasteiger partial charge in [-0.3, -0.25) is 4.79 Å². The molecule has 0 spiro atoms. The molecule has 8 heteroatoms. The number of carbonyl (C=O) groups is 1. The molecule has 1 atom stereocenters. The van der Waals surface area contributed by atoms with Gasteiger partial charge in [0, 0.05) is 32.0 Å². The van der Waals surface area contributed by atoms with E-state index in [-0.39, 0.29) is 11.2 Å². The average molecular weight is 468 g/mol. The zero-order valence-corrected chi connectivity index (χ0v) is 20.8. The number of nitrogens with zero attached hydrogens (tertiary/aromatic N) is 4. The van der Waals surface area contributed by atoms with Crippen molar-refractivity contribution in [3.63, 3.8) is 0 Å². The number of nitrogens with one attached hydrogen (secondary N) is 1. The predicted octanol–water partition coefficient (Wildman–Crippen LogP) is 5.09. The molecule has 7 nitrogen and oxygen atoms in total. The summed E-state index contributed by atoms with van der Waals surface area (Å²) in [7, 11) is 3.97. The molecule has 1 N–H and O–H groups in total. The average Bonchev–Trinajstić information content (AvgIpc) is 3.18. The summed E-state index contributed by atoms with van der Waals surface area (Å²) in [6.07, 6.45) is 0.989. The molecule has 0 aliphatic heterocycles. The first-order chi connectivity index (χ1) is 15.8. The van der Waals surface area contributed by atoms with Gasteiger partial charge in [-0.15, -0.1) is 10.2 Å². The lowest BCUT2D eigenvalue weighted by atomic mass is 10.1. The van der Waals surface area contributed by atoms with Crippen LogP contribution in [-0.2, 0) is 17.9 Å². The van der Waals surface area contributed by atoms with Crippen LogP contribution in [0.4, 0.5) is 11.4 Å². The van der Waals surface area contributed by atoms with Gasteiger partial charge in [0.15, 0.2) is 11.0 Å². The number of benzene rings is 2. The minimum Gasteiger partial charge on any atom is -0.486 e. The Morgan fingerprint density at radius 2 is 1.76 bits per heavy atom. The molecule has 1 heterocycles. The monoisotopic (exact) mass is 467 g/mol. The van der Waals surface area contributed by atoms with E-state index < -0.39 is 0 Å². The van der Waals surface area contributed by atoms with Gasteiger partial charge in [0.1, 0.15) is 12.4 Å². The Kier molecular flexibility index (Phi) is 8.77. The lowest BCUT2D eigenvalue weighted by Gasteiger charge is -2.16. The molecule has 2 aromatic carbocycles. The number of hydrogen-bond donors (Lipinski definition) is 1. The van der Waals surface area contributed by atoms with E-state index in [0.29, 0.717) is 12.5 Å². The highest BCUT2D eigenvalue weighted by Crippen LogP contribution is 2.25. The summed E-state index contributed by atoms with van der Waals surface area (Å²) in [5, 5.41) is 12.1. The van der Waals surface area contributed by atoms with E-state index in [1.54, 1.807) is 0 Å². The van der Waals surface area contributed by atoms with E-state index in [0.717, 1.165) is 41.1 Å². The zero-order valence-electron chi connectivity index (χ0n) is 20.0. The molecule has 0 aliphatic carbocycles. The van der Waals surface area contributed by atoms with Crippen molar-refractivity contribution in [1.29, 1.82) is 0 Å². The molecular weight excluding hydrogens is 434 g/mol. The van der Waals surface area contributed by atoms with Crippen LogP contribution < -0.4 is 15.0 Å². The maximum Gasteiger partial charge on any atom is 0.237 e. The van der Waals surface area contributed by atoms with Crippen molar-refractivity contribution in [2.75, 3.05) is 24.3 Å². The fourth-order valence-electron chi connectivity index (χ4n) is 3.09. The maximum absolute atomic E-state index is 12.8. The standard InChI is InChI=1S/C25H33N5O2S/c1-18(2)15-16-30-23(17-32-22-9-7-6-8-10-22)27-28-25(30)33-19(3)24(31)26-20-11-13-21(14-12-20)29(4)5/h6-14,18-19H,15-17H2,1-5H3,(H,26,31). The Bertz CT molecular complexity index is 1020. The second kappa shape index (κ2) is 11.7. The Balaban J connectivity index is 1.67. The summed E-state index contributed by atoms with van der Waals surface area (Å²) in [6.45, 7) is 7.37. The van der Waals surface area contributed by atoms with E-state index in [4.69, 9.17) is 4.74 Å². The van der Waals surface area contributed by atoms with Gasteiger partial charge in [0.05, 0.1) is 5.25 Å². The smallest absolute Gasteiger partial charge is 0.237 e. The van der Waals surface area contributed by atoms with E-state index in [2.05, 4.69) is 33.9 Å². The molecule has 33 heavy (non-hydrogen) atoms. The first kappa shape index (κ1) is 24.6. The maximum atomic E-state index is 12.8. The molecule has 0 radical (unpaired) electrons. The first-order valence-corrected chi connectivity index (χ1v) is 12.1. The van der Waals surface area contributed by atoms with Crippen LogP contribution in [-0.4, -0.2) is 40.0 Å². The van der Waals surface area contributed by atoms with Crippen molar-refractivity contribution in [2.45, 2.75) is 50.8 Å². The molecule has 176 valence electrons. The number of anilines is 2. The van der Waals surface area contributed by atoms with Crippen molar-refractivity contribution in [3.8, 4) is 5.75 Å². The molecule has 3 aromatic rings. The molecule has 1 amide bonds.